The first-order valence-corrected chi connectivity index (χ1v) is 9.99. The van der Waals surface area contributed by atoms with E-state index in [2.05, 4.69) is 34.8 Å². The lowest BCUT2D eigenvalue weighted by molar-refractivity contribution is 0.0920. The summed E-state index contributed by atoms with van der Waals surface area (Å²) in [5, 5.41) is 15.1. The van der Waals surface area contributed by atoms with Gasteiger partial charge in [0.15, 0.2) is 5.69 Å². The van der Waals surface area contributed by atoms with Crippen molar-refractivity contribution in [3.63, 3.8) is 0 Å². The Morgan fingerprint density at radius 3 is 2.69 bits per heavy atom. The molecule has 3 rings (SSSR count). The Morgan fingerprint density at radius 1 is 1.27 bits per heavy atom. The van der Waals surface area contributed by atoms with Gasteiger partial charge >= 0.3 is 0 Å². The fourth-order valence-electron chi connectivity index (χ4n) is 4.31. The molecule has 26 heavy (non-hydrogen) atoms. The van der Waals surface area contributed by atoms with Crippen molar-refractivity contribution in [1.29, 1.82) is 0 Å². The monoisotopic (exact) mass is 383 g/mol. The number of piperidine rings is 1. The molecule has 1 aromatic rings. The van der Waals surface area contributed by atoms with Crippen molar-refractivity contribution < 1.29 is 4.79 Å². The Hall–Kier alpha value is -1.14. The van der Waals surface area contributed by atoms with Gasteiger partial charge in [0.2, 0.25) is 0 Å². The number of rotatable bonds is 6. The highest BCUT2D eigenvalue weighted by Crippen LogP contribution is 2.31. The van der Waals surface area contributed by atoms with Gasteiger partial charge in [0, 0.05) is 6.04 Å². The highest BCUT2D eigenvalue weighted by Gasteiger charge is 2.30. The van der Waals surface area contributed by atoms with Crippen molar-refractivity contribution in [2.45, 2.75) is 77.8 Å². The third-order valence-corrected chi connectivity index (χ3v) is 5.89. The van der Waals surface area contributed by atoms with Gasteiger partial charge in [-0.25, -0.2) is 4.68 Å². The first-order chi connectivity index (χ1) is 12.1. The van der Waals surface area contributed by atoms with Crippen molar-refractivity contribution in [2.75, 3.05) is 13.1 Å². The van der Waals surface area contributed by atoms with Crippen molar-refractivity contribution in [1.82, 2.24) is 25.6 Å². The summed E-state index contributed by atoms with van der Waals surface area (Å²) in [6.45, 7) is 8.52. The van der Waals surface area contributed by atoms with Crippen molar-refractivity contribution in [3.05, 3.63) is 11.4 Å². The molecule has 1 amide bonds. The first-order valence-electron chi connectivity index (χ1n) is 9.99. The minimum Gasteiger partial charge on any atom is -0.348 e. The second kappa shape index (κ2) is 9.70. The normalized spacial score (nSPS) is 23.8. The van der Waals surface area contributed by atoms with Gasteiger partial charge < -0.3 is 10.6 Å². The Bertz CT molecular complexity index is 582. The summed E-state index contributed by atoms with van der Waals surface area (Å²) in [5.41, 5.74) is 1.41. The molecule has 0 aromatic carbocycles. The van der Waals surface area contributed by atoms with Gasteiger partial charge in [-0.05, 0) is 64.0 Å². The molecule has 0 radical (unpaired) electrons. The predicted molar refractivity (Wildman–Crippen MR) is 106 cm³/mol. The molecule has 1 aliphatic carbocycles. The van der Waals surface area contributed by atoms with Crippen LogP contribution in [0.2, 0.25) is 0 Å². The average Bonchev–Trinajstić information content (AvgIpc) is 3.20. The molecule has 1 saturated heterocycles. The second-order valence-corrected chi connectivity index (χ2v) is 8.19. The summed E-state index contributed by atoms with van der Waals surface area (Å²) in [6.07, 6.45) is 8.09. The number of hydrogen-bond donors (Lipinski definition) is 2. The fourth-order valence-corrected chi connectivity index (χ4v) is 4.31. The SMILES string of the molecule is Cc1c(C(=O)NC2CCCC2CCC(C)C)nnn1C1CCNCC1.Cl. The number of amides is 1. The van der Waals surface area contributed by atoms with Gasteiger partial charge in [-0.3, -0.25) is 4.79 Å². The van der Waals surface area contributed by atoms with Crippen LogP contribution in [-0.4, -0.2) is 40.0 Å². The number of carbonyl (C=O) groups excluding carboxylic acids is 1. The Balaban J connectivity index is 0.00000243. The van der Waals surface area contributed by atoms with E-state index in [-0.39, 0.29) is 18.3 Å². The van der Waals surface area contributed by atoms with E-state index in [1.807, 2.05) is 11.6 Å². The fraction of sp³-hybridized carbons (Fsp3) is 0.842. The minimum absolute atomic E-state index is 0. The van der Waals surface area contributed by atoms with Crippen LogP contribution in [0, 0.1) is 18.8 Å². The third kappa shape index (κ3) is 4.97. The lowest BCUT2D eigenvalue weighted by atomic mass is 9.93. The van der Waals surface area contributed by atoms with Crippen LogP contribution >= 0.6 is 12.4 Å². The van der Waals surface area contributed by atoms with E-state index >= 15 is 0 Å². The highest BCUT2D eigenvalue weighted by atomic mass is 35.5. The van der Waals surface area contributed by atoms with Crippen molar-refractivity contribution >= 4 is 18.3 Å². The van der Waals surface area contributed by atoms with Crippen molar-refractivity contribution in [3.8, 4) is 0 Å². The summed E-state index contributed by atoms with van der Waals surface area (Å²) in [4.78, 5) is 12.8. The van der Waals surface area contributed by atoms with E-state index in [0.29, 0.717) is 23.7 Å². The number of aromatic nitrogens is 3. The summed E-state index contributed by atoms with van der Waals surface area (Å²) in [5.74, 6) is 1.30. The zero-order valence-corrected chi connectivity index (χ0v) is 17.1. The average molecular weight is 384 g/mol. The maximum atomic E-state index is 12.8. The van der Waals surface area contributed by atoms with Gasteiger partial charge in [-0.1, -0.05) is 31.9 Å². The second-order valence-electron chi connectivity index (χ2n) is 8.19. The Labute approximate surface area is 163 Å². The van der Waals surface area contributed by atoms with Gasteiger partial charge in [-0.2, -0.15) is 0 Å². The Kier molecular flexibility index (Phi) is 7.89. The third-order valence-electron chi connectivity index (χ3n) is 5.89. The molecule has 1 aliphatic heterocycles. The van der Waals surface area contributed by atoms with E-state index in [1.54, 1.807) is 0 Å². The molecule has 7 heteroatoms. The zero-order chi connectivity index (χ0) is 17.8. The number of hydrogen-bond acceptors (Lipinski definition) is 4. The van der Waals surface area contributed by atoms with E-state index < -0.39 is 0 Å². The van der Waals surface area contributed by atoms with Crippen LogP contribution < -0.4 is 10.6 Å². The van der Waals surface area contributed by atoms with Crippen molar-refractivity contribution in [2.24, 2.45) is 11.8 Å². The lowest BCUT2D eigenvalue weighted by Gasteiger charge is -2.23. The summed E-state index contributed by atoms with van der Waals surface area (Å²) >= 11 is 0. The van der Waals surface area contributed by atoms with Gasteiger partial charge in [0.05, 0.1) is 11.7 Å². The lowest BCUT2D eigenvalue weighted by Crippen LogP contribution is -2.38. The molecular weight excluding hydrogens is 350 g/mol. The molecule has 2 atom stereocenters. The molecule has 6 nitrogen and oxygen atoms in total. The smallest absolute Gasteiger partial charge is 0.273 e. The minimum atomic E-state index is -0.0425. The van der Waals surface area contributed by atoms with Gasteiger partial charge in [0.1, 0.15) is 0 Å². The molecule has 2 N–H and O–H groups in total. The molecule has 1 saturated carbocycles. The zero-order valence-electron chi connectivity index (χ0n) is 16.3. The van der Waals surface area contributed by atoms with E-state index in [4.69, 9.17) is 0 Å². The van der Waals surface area contributed by atoms with E-state index in [0.717, 1.165) is 44.0 Å². The largest absolute Gasteiger partial charge is 0.348 e. The molecule has 2 heterocycles. The molecule has 1 aromatic heterocycles. The summed E-state index contributed by atoms with van der Waals surface area (Å²) in [6, 6.07) is 0.662. The number of halogens is 1. The summed E-state index contributed by atoms with van der Waals surface area (Å²) < 4.78 is 1.96. The van der Waals surface area contributed by atoms with Crippen LogP contribution in [0.3, 0.4) is 0 Å². The van der Waals surface area contributed by atoms with Gasteiger partial charge in [-0.15, -0.1) is 17.5 Å². The molecule has 2 aliphatic rings. The Morgan fingerprint density at radius 2 is 2.00 bits per heavy atom. The summed E-state index contributed by atoms with van der Waals surface area (Å²) in [7, 11) is 0. The molecule has 148 valence electrons. The highest BCUT2D eigenvalue weighted by molar-refractivity contribution is 5.93. The molecule has 0 spiro atoms. The maximum Gasteiger partial charge on any atom is 0.273 e. The predicted octanol–water partition coefficient (Wildman–Crippen LogP) is 3.27. The van der Waals surface area contributed by atoms with Crippen LogP contribution in [0.15, 0.2) is 0 Å². The molecule has 2 fully saturated rings. The van der Waals surface area contributed by atoms with Crippen LogP contribution in [-0.2, 0) is 0 Å². The van der Waals surface area contributed by atoms with E-state index in [9.17, 15) is 4.79 Å². The van der Waals surface area contributed by atoms with Crippen LogP contribution in [0.1, 0.15) is 81.0 Å². The number of nitrogens with one attached hydrogen (secondary N) is 2. The number of nitrogens with zero attached hydrogens (tertiary/aromatic N) is 3. The van der Waals surface area contributed by atoms with Crippen LogP contribution in [0.25, 0.3) is 0 Å². The van der Waals surface area contributed by atoms with Crippen LogP contribution in [0.4, 0.5) is 0 Å². The van der Waals surface area contributed by atoms with Crippen LogP contribution in [0.5, 0.6) is 0 Å². The first kappa shape index (κ1) is 21.2. The molecular formula is C19H34ClN5O. The molecule has 2 unspecified atom stereocenters. The standard InChI is InChI=1S/C19H33N5O.ClH/c1-13(2)7-8-15-5-4-6-17(15)21-19(25)18-14(3)24(23-22-18)16-9-11-20-12-10-16;/h13,15-17,20H,4-12H2,1-3H3,(H,21,25);1H. The molecule has 0 bridgehead atoms. The number of carbonyl (C=O) groups is 1. The van der Waals surface area contributed by atoms with E-state index in [1.165, 1.54) is 25.7 Å². The quantitative estimate of drug-likeness (QED) is 0.790. The maximum absolute atomic E-state index is 12.8. The topological polar surface area (TPSA) is 71.8 Å². The van der Waals surface area contributed by atoms with Gasteiger partial charge in [0.25, 0.3) is 5.91 Å².